The van der Waals surface area contributed by atoms with Crippen LogP contribution in [0.4, 0.5) is 21.8 Å². The van der Waals surface area contributed by atoms with Gasteiger partial charge in [-0.25, -0.2) is 9.37 Å². The van der Waals surface area contributed by atoms with Gasteiger partial charge in [-0.3, -0.25) is 4.79 Å². The fourth-order valence-electron chi connectivity index (χ4n) is 3.36. The molecule has 6 nitrogen and oxygen atoms in total. The minimum Gasteiger partial charge on any atom is -0.339 e. The van der Waals surface area contributed by atoms with Gasteiger partial charge in [0.2, 0.25) is 11.9 Å². The van der Waals surface area contributed by atoms with E-state index in [1.165, 1.54) is 6.07 Å². The van der Waals surface area contributed by atoms with Gasteiger partial charge >= 0.3 is 0 Å². The van der Waals surface area contributed by atoms with E-state index in [0.717, 1.165) is 5.56 Å². The number of para-hydroxylation sites is 1. The molecule has 1 saturated heterocycles. The highest BCUT2D eigenvalue weighted by atomic mass is 35.5. The molecule has 1 fully saturated rings. The summed E-state index contributed by atoms with van der Waals surface area (Å²) in [5.41, 5.74) is 1.27. The second-order valence-corrected chi connectivity index (χ2v) is 7.46. The quantitative estimate of drug-likeness (QED) is 0.671. The van der Waals surface area contributed by atoms with Crippen molar-refractivity contribution >= 4 is 35.0 Å². The third-order valence-corrected chi connectivity index (χ3v) is 5.17. The number of amides is 1. The lowest BCUT2D eigenvalue weighted by Crippen LogP contribution is -2.49. The molecule has 2 heterocycles. The molecule has 0 atom stereocenters. The van der Waals surface area contributed by atoms with E-state index in [2.05, 4.69) is 15.3 Å². The van der Waals surface area contributed by atoms with Crippen LogP contribution in [0, 0.1) is 5.82 Å². The van der Waals surface area contributed by atoms with Crippen molar-refractivity contribution in [1.29, 1.82) is 0 Å². The van der Waals surface area contributed by atoms with Gasteiger partial charge in [-0.05, 0) is 35.9 Å². The van der Waals surface area contributed by atoms with E-state index in [0.29, 0.717) is 55.1 Å². The monoisotopic (exact) mass is 425 g/mol. The van der Waals surface area contributed by atoms with Gasteiger partial charge in [-0.2, -0.15) is 4.98 Å². The number of nitrogens with zero attached hydrogens (tertiary/aromatic N) is 4. The molecule has 1 aliphatic rings. The summed E-state index contributed by atoms with van der Waals surface area (Å²) < 4.78 is 13.9. The molecule has 1 aliphatic heterocycles. The molecule has 2 aromatic carbocycles. The fraction of sp³-hybridized carbons (Fsp3) is 0.227. The maximum atomic E-state index is 13.9. The molecule has 4 rings (SSSR count). The third-order valence-electron chi connectivity index (χ3n) is 4.94. The first-order chi connectivity index (χ1) is 14.6. The van der Waals surface area contributed by atoms with Crippen molar-refractivity contribution in [3.63, 3.8) is 0 Å². The summed E-state index contributed by atoms with van der Waals surface area (Å²) in [6.45, 7) is 2.44. The van der Waals surface area contributed by atoms with Crippen molar-refractivity contribution in [3.8, 4) is 0 Å². The van der Waals surface area contributed by atoms with Gasteiger partial charge in [-0.1, -0.05) is 35.9 Å². The maximum absolute atomic E-state index is 13.9. The second-order valence-electron chi connectivity index (χ2n) is 7.02. The lowest BCUT2D eigenvalue weighted by molar-refractivity contribution is -0.130. The lowest BCUT2D eigenvalue weighted by Gasteiger charge is -2.35. The molecule has 1 amide bonds. The Balaban J connectivity index is 1.36. The van der Waals surface area contributed by atoms with Crippen LogP contribution >= 0.6 is 11.6 Å². The highest BCUT2D eigenvalue weighted by molar-refractivity contribution is 6.30. The first kappa shape index (κ1) is 20.1. The Labute approximate surface area is 179 Å². The summed E-state index contributed by atoms with van der Waals surface area (Å²) in [5.74, 6) is 0.806. The first-order valence-corrected chi connectivity index (χ1v) is 10.1. The number of nitrogens with one attached hydrogen (secondary N) is 1. The average molecular weight is 426 g/mol. The number of carbonyl (C=O) groups excluding carboxylic acids is 1. The molecule has 30 heavy (non-hydrogen) atoms. The topological polar surface area (TPSA) is 61.4 Å². The van der Waals surface area contributed by atoms with Gasteiger partial charge in [0.05, 0.1) is 12.1 Å². The average Bonchev–Trinajstić information content (AvgIpc) is 2.76. The molecule has 3 aromatic rings. The molecule has 0 saturated carbocycles. The molecular weight excluding hydrogens is 405 g/mol. The van der Waals surface area contributed by atoms with E-state index in [-0.39, 0.29) is 11.7 Å². The number of carbonyl (C=O) groups is 1. The molecular formula is C22H21ClFN5O. The van der Waals surface area contributed by atoms with Gasteiger partial charge in [0, 0.05) is 37.4 Å². The zero-order valence-corrected chi connectivity index (χ0v) is 17.0. The predicted octanol–water partition coefficient (Wildman–Crippen LogP) is 3.90. The van der Waals surface area contributed by atoms with Crippen LogP contribution < -0.4 is 10.2 Å². The summed E-state index contributed by atoms with van der Waals surface area (Å²) in [7, 11) is 0. The Morgan fingerprint density at radius 1 is 1.07 bits per heavy atom. The van der Waals surface area contributed by atoms with E-state index in [1.54, 1.807) is 36.5 Å². The first-order valence-electron chi connectivity index (χ1n) is 9.70. The number of halogens is 2. The number of benzene rings is 2. The number of rotatable bonds is 5. The van der Waals surface area contributed by atoms with Gasteiger partial charge < -0.3 is 15.1 Å². The maximum Gasteiger partial charge on any atom is 0.227 e. The van der Waals surface area contributed by atoms with E-state index < -0.39 is 0 Å². The van der Waals surface area contributed by atoms with Gasteiger partial charge in [-0.15, -0.1) is 0 Å². The zero-order chi connectivity index (χ0) is 20.9. The lowest BCUT2D eigenvalue weighted by atomic mass is 10.1. The van der Waals surface area contributed by atoms with Crippen LogP contribution in [0.1, 0.15) is 5.56 Å². The Morgan fingerprint density at radius 2 is 1.87 bits per heavy atom. The Bertz CT molecular complexity index is 1040. The predicted molar refractivity (Wildman–Crippen MR) is 116 cm³/mol. The Hall–Kier alpha value is -3.19. The normalized spacial score (nSPS) is 13.9. The molecule has 0 bridgehead atoms. The van der Waals surface area contributed by atoms with Crippen LogP contribution in [0.5, 0.6) is 0 Å². The number of hydrogen-bond acceptors (Lipinski definition) is 5. The van der Waals surface area contributed by atoms with Gasteiger partial charge in [0.15, 0.2) is 0 Å². The molecule has 0 aliphatic carbocycles. The number of anilines is 3. The minimum atomic E-state index is -0.343. The summed E-state index contributed by atoms with van der Waals surface area (Å²) >= 11 is 6.00. The van der Waals surface area contributed by atoms with Crippen LogP contribution in [0.25, 0.3) is 0 Å². The number of aromatic nitrogens is 2. The zero-order valence-electron chi connectivity index (χ0n) is 16.3. The Kier molecular flexibility index (Phi) is 6.09. The van der Waals surface area contributed by atoms with Crippen LogP contribution in [-0.2, 0) is 11.2 Å². The van der Waals surface area contributed by atoms with E-state index in [9.17, 15) is 9.18 Å². The van der Waals surface area contributed by atoms with Crippen molar-refractivity contribution in [2.75, 3.05) is 36.4 Å². The molecule has 0 unspecified atom stereocenters. The second kappa shape index (κ2) is 9.09. The number of hydrogen-bond donors (Lipinski definition) is 1. The van der Waals surface area contributed by atoms with Crippen LogP contribution in [0.3, 0.4) is 0 Å². The van der Waals surface area contributed by atoms with E-state index >= 15 is 0 Å². The molecule has 0 radical (unpaired) electrons. The molecule has 1 aromatic heterocycles. The third kappa shape index (κ3) is 4.86. The molecule has 8 heteroatoms. The summed E-state index contributed by atoms with van der Waals surface area (Å²) in [5, 5.41) is 3.61. The van der Waals surface area contributed by atoms with Crippen molar-refractivity contribution in [1.82, 2.24) is 14.9 Å². The molecule has 1 N–H and O–H groups in total. The van der Waals surface area contributed by atoms with E-state index in [4.69, 9.17) is 11.6 Å². The van der Waals surface area contributed by atoms with Crippen LogP contribution in [0.2, 0.25) is 5.02 Å². The molecule has 154 valence electrons. The SMILES string of the molecule is O=C(Cc1cccc(Cl)c1)N1CCN(c2nccc(Nc3ccccc3F)n2)CC1. The largest absolute Gasteiger partial charge is 0.339 e. The smallest absolute Gasteiger partial charge is 0.227 e. The Morgan fingerprint density at radius 3 is 2.63 bits per heavy atom. The summed E-state index contributed by atoms with van der Waals surface area (Å²) in [6, 6.07) is 15.5. The van der Waals surface area contributed by atoms with Crippen molar-refractivity contribution in [2.45, 2.75) is 6.42 Å². The van der Waals surface area contributed by atoms with Gasteiger partial charge in [0.1, 0.15) is 11.6 Å². The fourth-order valence-corrected chi connectivity index (χ4v) is 3.57. The van der Waals surface area contributed by atoms with Gasteiger partial charge in [0.25, 0.3) is 0 Å². The highest BCUT2D eigenvalue weighted by Gasteiger charge is 2.23. The minimum absolute atomic E-state index is 0.0767. The van der Waals surface area contributed by atoms with Crippen molar-refractivity contribution in [3.05, 3.63) is 77.2 Å². The van der Waals surface area contributed by atoms with Crippen LogP contribution in [0.15, 0.2) is 60.8 Å². The number of piperazine rings is 1. The van der Waals surface area contributed by atoms with E-state index in [1.807, 2.05) is 28.0 Å². The summed E-state index contributed by atoms with van der Waals surface area (Å²) in [4.78, 5) is 25.3. The molecule has 0 spiro atoms. The van der Waals surface area contributed by atoms with Crippen LogP contribution in [-0.4, -0.2) is 47.0 Å². The van der Waals surface area contributed by atoms with Crippen molar-refractivity contribution < 1.29 is 9.18 Å². The van der Waals surface area contributed by atoms with Crippen molar-refractivity contribution in [2.24, 2.45) is 0 Å². The standard InChI is InChI=1S/C22H21ClFN5O/c23-17-5-3-4-16(14-17)15-21(30)28-10-12-29(13-11-28)22-25-9-8-20(27-22)26-19-7-2-1-6-18(19)24/h1-9,14H,10-13,15H2,(H,25,26,27). The summed E-state index contributed by atoms with van der Waals surface area (Å²) in [6.07, 6.45) is 1.97. The highest BCUT2D eigenvalue weighted by Crippen LogP contribution is 2.20.